The fraction of sp³-hybridized carbons (Fsp3) is 0. The van der Waals surface area contributed by atoms with Crippen molar-refractivity contribution >= 4 is 67.7 Å². The molecule has 0 atom stereocenters. The fourth-order valence-electron chi connectivity index (χ4n) is 5.99. The third-order valence-electron chi connectivity index (χ3n) is 7.95. The van der Waals surface area contributed by atoms with Gasteiger partial charge in [0, 0.05) is 0 Å². The SMILES string of the molecule is [Cl][Zn]([Cl])[c]1cccc2c3nc4nc(nc5[nH]c(nc6nc(nc([nH]3)c12)-c1ccccc1-6)c1ccccc51)-c1ccccc1-4. The van der Waals surface area contributed by atoms with Crippen molar-refractivity contribution in [3.63, 3.8) is 0 Å². The summed E-state index contributed by atoms with van der Waals surface area (Å²) in [5.41, 5.74) is 6.11. The van der Waals surface area contributed by atoms with E-state index in [1.165, 1.54) is 0 Å². The molecule has 2 aliphatic heterocycles. The summed E-state index contributed by atoms with van der Waals surface area (Å²) < 4.78 is 0.928. The summed E-state index contributed by atoms with van der Waals surface area (Å²) in [6.45, 7) is 0. The van der Waals surface area contributed by atoms with E-state index in [2.05, 4.69) is 9.97 Å². The van der Waals surface area contributed by atoms with Crippen LogP contribution in [0.3, 0.4) is 0 Å². The van der Waals surface area contributed by atoms with Crippen LogP contribution in [0.15, 0.2) is 91.0 Å². The summed E-state index contributed by atoms with van der Waals surface area (Å²) in [6.07, 6.45) is 0. The zero-order chi connectivity index (χ0) is 28.7. The summed E-state index contributed by atoms with van der Waals surface area (Å²) in [7, 11) is 13.3. The van der Waals surface area contributed by atoms with Crippen molar-refractivity contribution < 1.29 is 14.0 Å². The van der Waals surface area contributed by atoms with Crippen LogP contribution >= 0.6 is 19.4 Å². The van der Waals surface area contributed by atoms with Gasteiger partial charge in [-0.25, -0.2) is 0 Å². The van der Waals surface area contributed by atoms with Gasteiger partial charge in [0.2, 0.25) is 0 Å². The number of hydrogen-bond donors (Lipinski definition) is 2. The van der Waals surface area contributed by atoms with Crippen LogP contribution in [-0.4, -0.2) is 39.9 Å². The summed E-state index contributed by atoms with van der Waals surface area (Å²) >= 11 is -3.03. The molecule has 0 fully saturated rings. The predicted molar refractivity (Wildman–Crippen MR) is 167 cm³/mol. The Morgan fingerprint density at radius 2 is 0.814 bits per heavy atom. The van der Waals surface area contributed by atoms with E-state index < -0.39 is 14.0 Å². The van der Waals surface area contributed by atoms with Gasteiger partial charge in [-0.3, -0.25) is 0 Å². The number of rotatable bonds is 1. The normalized spacial score (nSPS) is 12.0. The Labute approximate surface area is 256 Å². The monoisotopic (exact) mass is 647 g/mol. The molecule has 3 aromatic heterocycles. The topological polar surface area (TPSA) is 109 Å². The molecule has 9 rings (SSSR count). The molecule has 0 amide bonds. The second kappa shape index (κ2) is 9.48. The van der Waals surface area contributed by atoms with Crippen LogP contribution in [0.2, 0.25) is 0 Å². The molecule has 2 N–H and O–H groups in total. The van der Waals surface area contributed by atoms with Crippen molar-refractivity contribution in [1.82, 2.24) is 39.9 Å². The van der Waals surface area contributed by atoms with Crippen molar-refractivity contribution in [3.05, 3.63) is 91.0 Å². The Morgan fingerprint density at radius 1 is 0.419 bits per heavy atom. The van der Waals surface area contributed by atoms with Gasteiger partial charge in [-0.05, 0) is 0 Å². The Hall–Kier alpha value is -4.56. The first-order valence-electron chi connectivity index (χ1n) is 13.8. The Kier molecular flexibility index (Phi) is 5.51. The number of benzene rings is 4. The molecule has 5 heterocycles. The molecule has 0 saturated heterocycles. The zero-order valence-electron chi connectivity index (χ0n) is 22.3. The standard InChI is InChI=1S/C32H17N8.2ClH.Zn/c1-2-10-18-17(9-1)25-33-26(18)38-28-21-13-5-6-14-22(21)30(35-28)40-32-24-16-8-7-15-23(24)31(36-32)39-29-20-12-4-3-11-19(20)27(34-29)37-25;;;/h1-15H,(H2,33,34,35,36,37,38,39,40);2*1H;/q;;;+2/p-2. The van der Waals surface area contributed by atoms with E-state index in [-0.39, 0.29) is 0 Å². The third kappa shape index (κ3) is 3.86. The molecule has 0 unspecified atom stereocenters. The van der Waals surface area contributed by atoms with Crippen molar-refractivity contribution in [1.29, 1.82) is 0 Å². The quantitative estimate of drug-likeness (QED) is 0.179. The van der Waals surface area contributed by atoms with Gasteiger partial charge < -0.3 is 0 Å². The maximum absolute atomic E-state index is 6.67. The summed E-state index contributed by atoms with van der Waals surface area (Å²) in [4.78, 5) is 36.9. The van der Waals surface area contributed by atoms with Crippen LogP contribution in [0.4, 0.5) is 0 Å². The average molecular weight is 650 g/mol. The van der Waals surface area contributed by atoms with Crippen molar-refractivity contribution in [2.45, 2.75) is 0 Å². The van der Waals surface area contributed by atoms with E-state index in [0.717, 1.165) is 48.0 Å². The van der Waals surface area contributed by atoms with Crippen LogP contribution in [0.5, 0.6) is 0 Å². The van der Waals surface area contributed by atoms with Crippen molar-refractivity contribution in [2.24, 2.45) is 0 Å². The first-order chi connectivity index (χ1) is 21.1. The molecule has 2 aliphatic rings. The maximum atomic E-state index is 6.67. The second-order valence-corrected chi connectivity index (χ2v) is 20.6. The van der Waals surface area contributed by atoms with E-state index in [1.54, 1.807) is 0 Å². The van der Waals surface area contributed by atoms with Crippen LogP contribution in [0.1, 0.15) is 0 Å². The number of nitrogens with zero attached hydrogens (tertiary/aromatic N) is 6. The molecule has 201 valence electrons. The molecular formula is C32H17Cl2N8Zn. The number of hydrogen-bond acceptors (Lipinski definition) is 6. The molecule has 0 saturated carbocycles. The van der Waals surface area contributed by atoms with Gasteiger partial charge in [-0.2, -0.15) is 0 Å². The van der Waals surface area contributed by atoms with Crippen molar-refractivity contribution in [3.8, 4) is 45.6 Å². The minimum absolute atomic E-state index is 0.543. The van der Waals surface area contributed by atoms with Gasteiger partial charge in [0.15, 0.2) is 0 Å². The van der Waals surface area contributed by atoms with E-state index in [1.807, 2.05) is 91.0 Å². The number of nitrogens with one attached hydrogen (secondary N) is 2. The van der Waals surface area contributed by atoms with Crippen LogP contribution in [-0.2, 0) is 14.0 Å². The van der Waals surface area contributed by atoms with Gasteiger partial charge in [-0.1, -0.05) is 6.07 Å². The van der Waals surface area contributed by atoms with Crippen molar-refractivity contribution in [2.75, 3.05) is 0 Å². The predicted octanol–water partition coefficient (Wildman–Crippen LogP) is 7.42. The van der Waals surface area contributed by atoms with Gasteiger partial charge in [0.25, 0.3) is 0 Å². The van der Waals surface area contributed by atoms with Gasteiger partial charge in [0.1, 0.15) is 0 Å². The van der Waals surface area contributed by atoms with E-state index in [0.29, 0.717) is 45.9 Å². The fourth-order valence-corrected chi connectivity index (χ4v) is 10.3. The molecule has 4 aromatic carbocycles. The minimum atomic E-state index is -3.03. The first kappa shape index (κ1) is 25.0. The molecule has 0 radical (unpaired) electrons. The van der Waals surface area contributed by atoms with Gasteiger partial charge >= 0.3 is 252 Å². The summed E-state index contributed by atoms with van der Waals surface area (Å²) in [5.74, 6) is 2.23. The number of H-pyrrole nitrogens is 2. The average Bonchev–Trinajstić information content (AvgIpc) is 3.76. The van der Waals surface area contributed by atoms with Gasteiger partial charge in [-0.15, -0.1) is 0 Å². The van der Waals surface area contributed by atoms with E-state index >= 15 is 0 Å². The zero-order valence-corrected chi connectivity index (χ0v) is 26.8. The number of halogens is 2. The molecule has 43 heavy (non-hydrogen) atoms. The number of aromatic amines is 2. The molecule has 0 aliphatic carbocycles. The van der Waals surface area contributed by atoms with Crippen LogP contribution < -0.4 is 4.16 Å². The van der Waals surface area contributed by atoms with Crippen LogP contribution in [0, 0.1) is 0 Å². The first-order valence-corrected chi connectivity index (χ1v) is 23.1. The third-order valence-corrected chi connectivity index (χ3v) is 13.4. The second-order valence-electron chi connectivity index (χ2n) is 10.5. The molecule has 7 aromatic rings. The number of aromatic nitrogens is 8. The summed E-state index contributed by atoms with van der Waals surface area (Å²) in [5, 5.41) is 3.60. The molecular weight excluding hydrogens is 633 g/mol. The molecule has 11 heteroatoms. The van der Waals surface area contributed by atoms with E-state index in [4.69, 9.17) is 49.3 Å². The Bertz CT molecular complexity index is 2460. The summed E-state index contributed by atoms with van der Waals surface area (Å²) in [6, 6.07) is 29.9. The Balaban J connectivity index is 1.52. The number of fused-ring (bicyclic) bond motifs is 20. The molecule has 0 spiro atoms. The van der Waals surface area contributed by atoms with E-state index in [9.17, 15) is 0 Å². The molecule has 8 bridgehead atoms. The van der Waals surface area contributed by atoms with Crippen LogP contribution in [0.25, 0.3) is 89.7 Å². The Morgan fingerprint density at radius 3 is 1.30 bits per heavy atom. The van der Waals surface area contributed by atoms with Gasteiger partial charge in [0.05, 0.1) is 0 Å². The molecule has 8 nitrogen and oxygen atoms in total.